The molecule has 1 aliphatic carbocycles. The van der Waals surface area contributed by atoms with Crippen molar-refractivity contribution in [3.05, 3.63) is 0 Å². The third-order valence-corrected chi connectivity index (χ3v) is 2.76. The van der Waals surface area contributed by atoms with Gasteiger partial charge in [-0.3, -0.25) is 4.79 Å². The van der Waals surface area contributed by atoms with Gasteiger partial charge in [0.05, 0.1) is 5.54 Å². The van der Waals surface area contributed by atoms with Crippen LogP contribution in [0.25, 0.3) is 0 Å². The number of carbonyl (C=O) groups excluding carboxylic acids is 1. The lowest BCUT2D eigenvalue weighted by Gasteiger charge is -2.40. The minimum atomic E-state index is -0.748. The van der Waals surface area contributed by atoms with Gasteiger partial charge in [0.15, 0.2) is 0 Å². The number of rotatable bonds is 1. The molecule has 3 nitrogen and oxygen atoms in total. The maximum Gasteiger partial charge on any atom is 0.237 e. The van der Waals surface area contributed by atoms with Crippen LogP contribution in [0.4, 0.5) is 0 Å². The minimum Gasteiger partial charge on any atom is -0.368 e. The van der Waals surface area contributed by atoms with E-state index in [1.165, 1.54) is 0 Å². The summed E-state index contributed by atoms with van der Waals surface area (Å²) in [6, 6.07) is 0. The Morgan fingerprint density at radius 3 is 2.25 bits per heavy atom. The molecule has 0 bridgehead atoms. The Morgan fingerprint density at radius 2 is 1.92 bits per heavy atom. The van der Waals surface area contributed by atoms with Crippen molar-refractivity contribution in [3.63, 3.8) is 0 Å². The van der Waals surface area contributed by atoms with Gasteiger partial charge in [0.2, 0.25) is 5.91 Å². The van der Waals surface area contributed by atoms with E-state index in [1.54, 1.807) is 0 Å². The third kappa shape index (κ3) is 1.78. The second-order valence-electron chi connectivity index (χ2n) is 4.71. The maximum atomic E-state index is 11.1. The average Bonchev–Trinajstić information content (AvgIpc) is 1.83. The molecule has 4 N–H and O–H groups in total. The van der Waals surface area contributed by atoms with E-state index in [9.17, 15) is 4.79 Å². The standard InChI is InChI=1S/C9H18N2O/c1-8(2)4-3-5-9(11,6-8)7(10)12/h3-6,11H2,1-2H3,(H2,10,12)/t9-/m0/s1. The Bertz CT molecular complexity index is 201. The summed E-state index contributed by atoms with van der Waals surface area (Å²) in [5.74, 6) is -0.352. The minimum absolute atomic E-state index is 0.169. The fraction of sp³-hybridized carbons (Fsp3) is 0.889. The number of hydrogen-bond acceptors (Lipinski definition) is 2. The number of primary amides is 1. The molecule has 3 heteroatoms. The van der Waals surface area contributed by atoms with E-state index < -0.39 is 5.54 Å². The van der Waals surface area contributed by atoms with Crippen LogP contribution in [0.15, 0.2) is 0 Å². The van der Waals surface area contributed by atoms with Crippen molar-refractivity contribution in [2.24, 2.45) is 16.9 Å². The Labute approximate surface area is 73.5 Å². The Hall–Kier alpha value is -0.570. The molecule has 0 unspecified atom stereocenters. The van der Waals surface area contributed by atoms with Crippen molar-refractivity contribution in [1.82, 2.24) is 0 Å². The van der Waals surface area contributed by atoms with Gasteiger partial charge in [-0.15, -0.1) is 0 Å². The van der Waals surface area contributed by atoms with Gasteiger partial charge in [0, 0.05) is 0 Å². The van der Waals surface area contributed by atoms with Crippen LogP contribution in [0.2, 0.25) is 0 Å². The van der Waals surface area contributed by atoms with Crippen LogP contribution in [-0.2, 0) is 4.79 Å². The first-order valence-corrected chi connectivity index (χ1v) is 4.45. The molecule has 0 aromatic rings. The third-order valence-electron chi connectivity index (χ3n) is 2.76. The first kappa shape index (κ1) is 9.52. The van der Waals surface area contributed by atoms with Crippen LogP contribution < -0.4 is 11.5 Å². The molecule has 1 atom stereocenters. The largest absolute Gasteiger partial charge is 0.368 e. The number of carbonyl (C=O) groups is 1. The number of amides is 1. The molecule has 0 heterocycles. The van der Waals surface area contributed by atoms with E-state index in [0.717, 1.165) is 25.7 Å². The highest BCUT2D eigenvalue weighted by Gasteiger charge is 2.41. The predicted octanol–water partition coefficient (Wildman–Crippen LogP) is 0.769. The smallest absolute Gasteiger partial charge is 0.237 e. The molecule has 1 rings (SSSR count). The topological polar surface area (TPSA) is 69.1 Å². The Morgan fingerprint density at radius 1 is 1.33 bits per heavy atom. The van der Waals surface area contributed by atoms with Crippen LogP contribution in [0.3, 0.4) is 0 Å². The summed E-state index contributed by atoms with van der Waals surface area (Å²) in [6.07, 6.45) is 3.60. The van der Waals surface area contributed by atoms with Crippen LogP contribution in [-0.4, -0.2) is 11.4 Å². The van der Waals surface area contributed by atoms with Gasteiger partial charge in [0.25, 0.3) is 0 Å². The maximum absolute atomic E-state index is 11.1. The molecule has 12 heavy (non-hydrogen) atoms. The highest BCUT2D eigenvalue weighted by Crippen LogP contribution is 2.39. The zero-order valence-electron chi connectivity index (χ0n) is 7.89. The van der Waals surface area contributed by atoms with E-state index in [4.69, 9.17) is 11.5 Å². The lowest BCUT2D eigenvalue weighted by Crippen LogP contribution is -2.56. The normalized spacial score (nSPS) is 34.6. The van der Waals surface area contributed by atoms with Crippen LogP contribution in [0, 0.1) is 5.41 Å². The monoisotopic (exact) mass is 170 g/mol. The van der Waals surface area contributed by atoms with E-state index in [1.807, 2.05) is 0 Å². The summed E-state index contributed by atoms with van der Waals surface area (Å²) in [5, 5.41) is 0. The molecule has 0 aromatic carbocycles. The van der Waals surface area contributed by atoms with Gasteiger partial charge in [-0.05, 0) is 24.7 Å². The van der Waals surface area contributed by atoms with Gasteiger partial charge < -0.3 is 11.5 Å². The summed E-state index contributed by atoms with van der Waals surface area (Å²) in [5.41, 5.74) is 10.6. The average molecular weight is 170 g/mol. The zero-order valence-corrected chi connectivity index (χ0v) is 7.89. The van der Waals surface area contributed by atoms with Crippen molar-refractivity contribution >= 4 is 5.91 Å². The quantitative estimate of drug-likeness (QED) is 0.610. The van der Waals surface area contributed by atoms with Gasteiger partial charge >= 0.3 is 0 Å². The number of hydrogen-bond donors (Lipinski definition) is 2. The molecule has 0 saturated heterocycles. The SMILES string of the molecule is CC1(C)CCC[C@@](N)(C(N)=O)C1. The number of nitrogens with two attached hydrogens (primary N) is 2. The Balaban J connectivity index is 2.74. The summed E-state index contributed by atoms with van der Waals surface area (Å²) in [7, 11) is 0. The van der Waals surface area contributed by atoms with E-state index in [0.29, 0.717) is 0 Å². The molecular weight excluding hydrogens is 152 g/mol. The van der Waals surface area contributed by atoms with Crippen molar-refractivity contribution in [2.75, 3.05) is 0 Å². The highest BCUT2D eigenvalue weighted by molar-refractivity contribution is 5.84. The van der Waals surface area contributed by atoms with E-state index in [-0.39, 0.29) is 11.3 Å². The van der Waals surface area contributed by atoms with Crippen LogP contribution >= 0.6 is 0 Å². The molecule has 0 spiro atoms. The summed E-state index contributed by atoms with van der Waals surface area (Å²) < 4.78 is 0. The van der Waals surface area contributed by atoms with E-state index in [2.05, 4.69) is 13.8 Å². The first-order chi connectivity index (χ1) is 5.36. The summed E-state index contributed by atoms with van der Waals surface area (Å²) in [6.45, 7) is 4.27. The molecule has 1 aliphatic rings. The van der Waals surface area contributed by atoms with Gasteiger partial charge in [-0.25, -0.2) is 0 Å². The second kappa shape index (κ2) is 2.73. The fourth-order valence-electron chi connectivity index (χ4n) is 2.12. The fourth-order valence-corrected chi connectivity index (χ4v) is 2.12. The molecule has 1 saturated carbocycles. The van der Waals surface area contributed by atoms with Crippen molar-refractivity contribution in [2.45, 2.75) is 45.1 Å². The van der Waals surface area contributed by atoms with Crippen molar-refractivity contribution in [3.8, 4) is 0 Å². The molecule has 1 amide bonds. The molecule has 0 aromatic heterocycles. The van der Waals surface area contributed by atoms with Crippen molar-refractivity contribution < 1.29 is 4.79 Å². The lowest BCUT2D eigenvalue weighted by molar-refractivity contribution is -0.125. The highest BCUT2D eigenvalue weighted by atomic mass is 16.1. The molecule has 70 valence electrons. The van der Waals surface area contributed by atoms with Crippen molar-refractivity contribution in [1.29, 1.82) is 0 Å². The van der Waals surface area contributed by atoms with Gasteiger partial charge in [0.1, 0.15) is 0 Å². The molecular formula is C9H18N2O. The van der Waals surface area contributed by atoms with E-state index >= 15 is 0 Å². The zero-order chi connectivity index (χ0) is 9.41. The lowest BCUT2D eigenvalue weighted by atomic mass is 9.68. The van der Waals surface area contributed by atoms with Gasteiger partial charge in [-0.2, -0.15) is 0 Å². The molecule has 0 radical (unpaired) electrons. The van der Waals surface area contributed by atoms with Gasteiger partial charge in [-0.1, -0.05) is 20.3 Å². The Kier molecular flexibility index (Phi) is 2.17. The predicted molar refractivity (Wildman–Crippen MR) is 48.4 cm³/mol. The molecule has 0 aliphatic heterocycles. The summed E-state index contributed by atoms with van der Waals surface area (Å²) in [4.78, 5) is 11.1. The van der Waals surface area contributed by atoms with Crippen LogP contribution in [0.5, 0.6) is 0 Å². The van der Waals surface area contributed by atoms with Crippen LogP contribution in [0.1, 0.15) is 39.5 Å². The first-order valence-electron chi connectivity index (χ1n) is 4.45. The molecule has 1 fully saturated rings. The summed E-state index contributed by atoms with van der Waals surface area (Å²) >= 11 is 0. The second-order valence-corrected chi connectivity index (χ2v) is 4.71.